The van der Waals surface area contributed by atoms with E-state index in [1.54, 1.807) is 54.6 Å². The third kappa shape index (κ3) is 7.54. The van der Waals surface area contributed by atoms with Crippen molar-refractivity contribution < 1.29 is 27.8 Å². The summed E-state index contributed by atoms with van der Waals surface area (Å²) in [5.41, 5.74) is -0.635. The summed E-state index contributed by atoms with van der Waals surface area (Å²) in [5.74, 6) is 0.362. The molecule has 0 aromatic heterocycles. The lowest BCUT2D eigenvalue weighted by Crippen LogP contribution is -2.48. The fraction of sp³-hybridized carbons (Fsp3) is 0.481. The smallest absolute Gasteiger partial charge is 0.251 e. The molecule has 2 aromatic carbocycles. The van der Waals surface area contributed by atoms with Crippen molar-refractivity contribution in [3.05, 3.63) is 60.2 Å². The highest BCUT2D eigenvalue weighted by molar-refractivity contribution is 7.91. The fourth-order valence-electron chi connectivity index (χ4n) is 3.67. The van der Waals surface area contributed by atoms with Crippen molar-refractivity contribution in [1.29, 1.82) is 0 Å². The zero-order valence-corrected chi connectivity index (χ0v) is 22.0. The molecular formula is C27H36N2O6S. The van der Waals surface area contributed by atoms with Gasteiger partial charge in [0.1, 0.15) is 12.4 Å². The van der Waals surface area contributed by atoms with Gasteiger partial charge < -0.3 is 19.9 Å². The molecule has 1 amide bonds. The highest BCUT2D eigenvalue weighted by Crippen LogP contribution is 2.29. The van der Waals surface area contributed by atoms with Crippen molar-refractivity contribution in [2.24, 2.45) is 10.4 Å². The molecule has 1 aliphatic heterocycles. The molecule has 0 aliphatic carbocycles. The van der Waals surface area contributed by atoms with E-state index in [4.69, 9.17) is 14.6 Å². The average molecular weight is 517 g/mol. The van der Waals surface area contributed by atoms with Crippen molar-refractivity contribution in [2.75, 3.05) is 32.1 Å². The Bertz CT molecular complexity index is 1140. The summed E-state index contributed by atoms with van der Waals surface area (Å²) in [6.45, 7) is 7.15. The lowest BCUT2D eigenvalue weighted by Gasteiger charge is -2.24. The molecule has 2 aromatic rings. The van der Waals surface area contributed by atoms with E-state index >= 15 is 0 Å². The molecular weight excluding hydrogens is 480 g/mol. The second-order valence-electron chi connectivity index (χ2n) is 10.1. The maximum atomic E-state index is 13.4. The van der Waals surface area contributed by atoms with Crippen molar-refractivity contribution in [3.8, 4) is 5.75 Å². The van der Waals surface area contributed by atoms with E-state index in [2.05, 4.69) is 31.1 Å². The number of benzene rings is 2. The minimum atomic E-state index is -3.60. The lowest BCUT2D eigenvalue weighted by atomic mass is 9.92. The Balaban J connectivity index is 1.80. The van der Waals surface area contributed by atoms with Crippen molar-refractivity contribution in [3.63, 3.8) is 0 Å². The summed E-state index contributed by atoms with van der Waals surface area (Å²) in [7, 11) is -3.60. The van der Waals surface area contributed by atoms with Gasteiger partial charge in [-0.25, -0.2) is 13.4 Å². The molecule has 0 fully saturated rings. The van der Waals surface area contributed by atoms with E-state index in [1.807, 2.05) is 0 Å². The predicted molar refractivity (Wildman–Crippen MR) is 139 cm³/mol. The highest BCUT2D eigenvalue weighted by Gasteiger charge is 2.45. The fourth-order valence-corrected chi connectivity index (χ4v) is 5.08. The van der Waals surface area contributed by atoms with Crippen LogP contribution < -0.4 is 10.1 Å². The van der Waals surface area contributed by atoms with E-state index in [-0.39, 0.29) is 41.6 Å². The van der Waals surface area contributed by atoms with Crippen LogP contribution in [0.25, 0.3) is 0 Å². The molecule has 0 unspecified atom stereocenters. The number of rotatable bonds is 12. The minimum absolute atomic E-state index is 0.00255. The molecule has 0 bridgehead atoms. The maximum absolute atomic E-state index is 13.4. The van der Waals surface area contributed by atoms with Crippen LogP contribution in [0.3, 0.4) is 0 Å². The molecule has 36 heavy (non-hydrogen) atoms. The lowest BCUT2D eigenvalue weighted by molar-refractivity contribution is -0.126. The molecule has 8 nitrogen and oxygen atoms in total. The second-order valence-corrected chi connectivity index (χ2v) is 12.2. The first-order valence-corrected chi connectivity index (χ1v) is 13.8. The number of aliphatic imine (C=N–C) groups is 1. The summed E-state index contributed by atoms with van der Waals surface area (Å²) in [4.78, 5) is 18.2. The second kappa shape index (κ2) is 11.9. The first kappa shape index (κ1) is 27.7. The van der Waals surface area contributed by atoms with Gasteiger partial charge in [0.25, 0.3) is 5.91 Å². The minimum Gasteiger partial charge on any atom is -0.494 e. The van der Waals surface area contributed by atoms with Gasteiger partial charge in [0.15, 0.2) is 15.4 Å². The summed E-state index contributed by atoms with van der Waals surface area (Å²) >= 11 is 0. The average Bonchev–Trinajstić information content (AvgIpc) is 3.29. The number of nitrogens with one attached hydrogen (secondary N) is 1. The van der Waals surface area contributed by atoms with Crippen LogP contribution in [0.1, 0.15) is 45.6 Å². The quantitative estimate of drug-likeness (QED) is 0.418. The number of ether oxygens (including phenoxy) is 2. The van der Waals surface area contributed by atoms with Gasteiger partial charge in [0.05, 0.1) is 17.3 Å². The van der Waals surface area contributed by atoms with Crippen LogP contribution in [0.15, 0.2) is 64.5 Å². The maximum Gasteiger partial charge on any atom is 0.251 e. The van der Waals surface area contributed by atoms with Gasteiger partial charge in [0, 0.05) is 25.1 Å². The number of sulfone groups is 1. The number of nitrogens with zero attached hydrogens (tertiary/aromatic N) is 1. The van der Waals surface area contributed by atoms with Crippen molar-refractivity contribution >= 4 is 21.6 Å². The number of carbonyl (C=O) groups is 1. The van der Waals surface area contributed by atoms with E-state index in [9.17, 15) is 13.2 Å². The normalized spacial score (nSPS) is 17.8. The van der Waals surface area contributed by atoms with Crippen LogP contribution in [0.5, 0.6) is 5.75 Å². The number of amides is 1. The van der Waals surface area contributed by atoms with Crippen molar-refractivity contribution in [2.45, 2.75) is 50.5 Å². The standard InChI is InChI=1S/C27H36N2O6S/c1-26(2,3)14-16-28-25(31)27(15-19-36(32,33)23-8-5-4-6-9-23)20-35-24(29-27)21-10-12-22(13-11-21)34-18-7-17-30/h4-6,8-13,30H,7,14-20H2,1-3H3,(H,28,31)/t27-/m1/s1. The van der Waals surface area contributed by atoms with Crippen LogP contribution in [0.4, 0.5) is 0 Å². The Hall–Kier alpha value is -2.91. The van der Waals surface area contributed by atoms with E-state index < -0.39 is 15.4 Å². The SMILES string of the molecule is CC(C)(C)CCNC(=O)[C@@]1(CCS(=O)(=O)c2ccccc2)COC(c2ccc(OCCCO)cc2)=N1. The summed E-state index contributed by atoms with van der Waals surface area (Å²) in [6.07, 6.45) is 1.31. The Morgan fingerprint density at radius 3 is 2.47 bits per heavy atom. The third-order valence-corrected chi connectivity index (χ3v) is 7.64. The zero-order chi connectivity index (χ0) is 26.2. The van der Waals surface area contributed by atoms with Gasteiger partial charge in [-0.05, 0) is 54.7 Å². The molecule has 0 saturated carbocycles. The number of carbonyl (C=O) groups excluding carboxylic acids is 1. The van der Waals surface area contributed by atoms with Crippen LogP contribution in [0.2, 0.25) is 0 Å². The molecule has 1 heterocycles. The summed E-state index contributed by atoms with van der Waals surface area (Å²) in [5, 5.41) is 11.8. The summed E-state index contributed by atoms with van der Waals surface area (Å²) < 4.78 is 37.3. The molecule has 9 heteroatoms. The van der Waals surface area contributed by atoms with Gasteiger partial charge >= 0.3 is 0 Å². The predicted octanol–water partition coefficient (Wildman–Crippen LogP) is 3.38. The Kier molecular flexibility index (Phi) is 9.13. The largest absolute Gasteiger partial charge is 0.494 e. The van der Waals surface area contributed by atoms with Crippen molar-refractivity contribution in [1.82, 2.24) is 5.32 Å². The zero-order valence-electron chi connectivity index (χ0n) is 21.2. The van der Waals surface area contributed by atoms with Gasteiger partial charge in [-0.15, -0.1) is 0 Å². The number of hydrogen-bond donors (Lipinski definition) is 2. The molecule has 196 valence electrons. The van der Waals surface area contributed by atoms with Gasteiger partial charge in [-0.2, -0.15) is 0 Å². The first-order valence-electron chi connectivity index (χ1n) is 12.2. The number of aliphatic hydroxyl groups is 1. The topological polar surface area (TPSA) is 114 Å². The Labute approximate surface area is 213 Å². The van der Waals surface area contributed by atoms with Gasteiger partial charge in [-0.3, -0.25) is 4.79 Å². The monoisotopic (exact) mass is 516 g/mol. The Morgan fingerprint density at radius 2 is 1.83 bits per heavy atom. The van der Waals surface area contributed by atoms with Crippen LogP contribution in [0, 0.1) is 5.41 Å². The van der Waals surface area contributed by atoms with E-state index in [0.717, 1.165) is 6.42 Å². The molecule has 3 rings (SSSR count). The first-order chi connectivity index (χ1) is 17.0. The highest BCUT2D eigenvalue weighted by atomic mass is 32.2. The van der Waals surface area contributed by atoms with Crippen LogP contribution in [-0.2, 0) is 19.4 Å². The van der Waals surface area contributed by atoms with Gasteiger partial charge in [0.2, 0.25) is 5.90 Å². The van der Waals surface area contributed by atoms with E-state index in [0.29, 0.717) is 36.8 Å². The molecule has 0 radical (unpaired) electrons. The molecule has 0 saturated heterocycles. The van der Waals surface area contributed by atoms with Crippen LogP contribution >= 0.6 is 0 Å². The molecule has 1 aliphatic rings. The summed E-state index contributed by atoms with van der Waals surface area (Å²) in [6, 6.07) is 15.3. The van der Waals surface area contributed by atoms with Gasteiger partial charge in [-0.1, -0.05) is 39.0 Å². The number of hydrogen-bond acceptors (Lipinski definition) is 7. The molecule has 1 atom stereocenters. The number of aliphatic hydroxyl groups excluding tert-OH is 1. The molecule has 2 N–H and O–H groups in total. The van der Waals surface area contributed by atoms with Crippen LogP contribution in [-0.4, -0.2) is 63.0 Å². The van der Waals surface area contributed by atoms with E-state index in [1.165, 1.54) is 0 Å². The Morgan fingerprint density at radius 1 is 1.14 bits per heavy atom. The molecule has 0 spiro atoms. The third-order valence-electron chi connectivity index (χ3n) is 5.91.